The van der Waals surface area contributed by atoms with Crippen molar-refractivity contribution < 1.29 is 0 Å². The molecule has 3 rings (SSSR count). The Morgan fingerprint density at radius 3 is 3.22 bits per heavy atom. The number of nitrogens with one attached hydrogen (secondary N) is 1. The zero-order valence-electron chi connectivity index (χ0n) is 10.5. The first-order chi connectivity index (χ1) is 8.75. The van der Waals surface area contributed by atoms with Gasteiger partial charge < -0.3 is 5.32 Å². The molecule has 0 aliphatic carbocycles. The Bertz CT molecular complexity index is 610. The van der Waals surface area contributed by atoms with E-state index in [9.17, 15) is 4.79 Å². The van der Waals surface area contributed by atoms with Gasteiger partial charge in [0.1, 0.15) is 4.70 Å². The summed E-state index contributed by atoms with van der Waals surface area (Å²) in [6, 6.07) is 0.414. The lowest BCUT2D eigenvalue weighted by atomic mass is 10.1. The van der Waals surface area contributed by atoms with Crippen LogP contribution in [0, 0.1) is 6.92 Å². The van der Waals surface area contributed by atoms with Gasteiger partial charge in [-0.2, -0.15) is 0 Å². The Kier molecular flexibility index (Phi) is 3.18. The van der Waals surface area contributed by atoms with Crippen molar-refractivity contribution in [3.63, 3.8) is 0 Å². The van der Waals surface area contributed by atoms with Crippen molar-refractivity contribution in [2.24, 2.45) is 0 Å². The van der Waals surface area contributed by atoms with E-state index in [-0.39, 0.29) is 5.56 Å². The van der Waals surface area contributed by atoms with E-state index in [2.05, 4.69) is 10.3 Å². The summed E-state index contributed by atoms with van der Waals surface area (Å²) in [6.45, 7) is 3.80. The lowest BCUT2D eigenvalue weighted by molar-refractivity contribution is 0.359. The topological polar surface area (TPSA) is 46.9 Å². The summed E-state index contributed by atoms with van der Waals surface area (Å²) >= 11 is 1.50. The average Bonchev–Trinajstić information content (AvgIpc) is 2.77. The van der Waals surface area contributed by atoms with Gasteiger partial charge in [-0.15, -0.1) is 11.3 Å². The van der Waals surface area contributed by atoms with Crippen molar-refractivity contribution in [1.29, 1.82) is 0 Å². The van der Waals surface area contributed by atoms with Crippen LogP contribution in [0.1, 0.15) is 24.8 Å². The summed E-state index contributed by atoms with van der Waals surface area (Å²) in [7, 11) is 0. The van der Waals surface area contributed by atoms with Crippen molar-refractivity contribution in [3.05, 3.63) is 27.6 Å². The molecule has 0 amide bonds. The molecule has 1 unspecified atom stereocenters. The second-order valence-electron chi connectivity index (χ2n) is 4.95. The fourth-order valence-electron chi connectivity index (χ4n) is 2.51. The summed E-state index contributed by atoms with van der Waals surface area (Å²) in [5, 5.41) is 5.47. The SMILES string of the molecule is Cc1csc2c(=O)n(CC3CCCCN3)cnc12. The van der Waals surface area contributed by atoms with Crippen LogP contribution in [0.25, 0.3) is 10.2 Å². The zero-order chi connectivity index (χ0) is 12.5. The first-order valence-corrected chi connectivity index (χ1v) is 7.30. The minimum Gasteiger partial charge on any atom is -0.312 e. The molecule has 0 saturated carbocycles. The first-order valence-electron chi connectivity index (χ1n) is 6.42. The number of fused-ring (bicyclic) bond motifs is 1. The van der Waals surface area contributed by atoms with E-state index in [1.165, 1.54) is 24.2 Å². The van der Waals surface area contributed by atoms with E-state index in [1.54, 1.807) is 10.9 Å². The highest BCUT2D eigenvalue weighted by molar-refractivity contribution is 7.17. The number of aromatic nitrogens is 2. The molecule has 1 aliphatic heterocycles. The van der Waals surface area contributed by atoms with Gasteiger partial charge in [0.15, 0.2) is 0 Å². The molecular formula is C13H17N3OS. The highest BCUT2D eigenvalue weighted by Gasteiger charge is 2.15. The van der Waals surface area contributed by atoms with Crippen LogP contribution in [0.4, 0.5) is 0 Å². The van der Waals surface area contributed by atoms with E-state index >= 15 is 0 Å². The smallest absolute Gasteiger partial charge is 0.271 e. The molecule has 5 heteroatoms. The number of piperidine rings is 1. The highest BCUT2D eigenvalue weighted by Crippen LogP contribution is 2.19. The second-order valence-corrected chi connectivity index (χ2v) is 5.83. The Morgan fingerprint density at radius 2 is 2.44 bits per heavy atom. The number of hydrogen-bond donors (Lipinski definition) is 1. The Balaban J connectivity index is 1.92. The summed E-state index contributed by atoms with van der Waals surface area (Å²) < 4.78 is 2.53. The van der Waals surface area contributed by atoms with E-state index in [0.29, 0.717) is 6.04 Å². The van der Waals surface area contributed by atoms with Crippen LogP contribution in [0.2, 0.25) is 0 Å². The van der Waals surface area contributed by atoms with Gasteiger partial charge in [-0.25, -0.2) is 4.98 Å². The largest absolute Gasteiger partial charge is 0.312 e. The molecule has 18 heavy (non-hydrogen) atoms. The normalized spacial score (nSPS) is 20.4. The van der Waals surface area contributed by atoms with Crippen LogP contribution in [0.15, 0.2) is 16.5 Å². The van der Waals surface area contributed by atoms with Crippen LogP contribution >= 0.6 is 11.3 Å². The molecule has 96 valence electrons. The first kappa shape index (κ1) is 11.9. The molecule has 0 aromatic carbocycles. The number of aryl methyl sites for hydroxylation is 1. The molecule has 1 N–H and O–H groups in total. The Morgan fingerprint density at radius 1 is 1.56 bits per heavy atom. The van der Waals surface area contributed by atoms with Gasteiger partial charge in [0.2, 0.25) is 0 Å². The van der Waals surface area contributed by atoms with Crippen LogP contribution in [0.3, 0.4) is 0 Å². The fraction of sp³-hybridized carbons (Fsp3) is 0.538. The maximum Gasteiger partial charge on any atom is 0.271 e. The molecule has 2 aromatic rings. The van der Waals surface area contributed by atoms with E-state index < -0.39 is 0 Å². The molecule has 0 bridgehead atoms. The molecule has 1 fully saturated rings. The molecule has 4 nitrogen and oxygen atoms in total. The van der Waals surface area contributed by atoms with Gasteiger partial charge in [-0.3, -0.25) is 9.36 Å². The van der Waals surface area contributed by atoms with Crippen LogP contribution in [0.5, 0.6) is 0 Å². The number of rotatable bonds is 2. The van der Waals surface area contributed by atoms with E-state index in [4.69, 9.17) is 0 Å². The second kappa shape index (κ2) is 4.82. The fourth-order valence-corrected chi connectivity index (χ4v) is 3.46. The lowest BCUT2D eigenvalue weighted by Crippen LogP contribution is -2.39. The standard InChI is InChI=1S/C13H17N3OS/c1-9-7-18-12-11(9)15-8-16(13(12)17)6-10-4-2-3-5-14-10/h7-8,10,14H,2-6H2,1H3. The Labute approximate surface area is 110 Å². The third kappa shape index (κ3) is 2.08. The molecule has 1 aliphatic rings. The molecule has 1 saturated heterocycles. The summed E-state index contributed by atoms with van der Waals surface area (Å²) in [5.41, 5.74) is 2.05. The van der Waals surface area contributed by atoms with Gasteiger partial charge in [-0.05, 0) is 37.3 Å². The molecule has 0 radical (unpaired) electrons. The van der Waals surface area contributed by atoms with Gasteiger partial charge in [-0.1, -0.05) is 6.42 Å². The predicted octanol–water partition coefficient (Wildman–Crippen LogP) is 1.91. The minimum absolute atomic E-state index is 0.102. The van der Waals surface area contributed by atoms with Crippen molar-refractivity contribution in [1.82, 2.24) is 14.9 Å². The van der Waals surface area contributed by atoms with Crippen LogP contribution in [-0.4, -0.2) is 22.1 Å². The number of nitrogens with zero attached hydrogens (tertiary/aromatic N) is 2. The molecule has 3 heterocycles. The molecule has 0 spiro atoms. The Hall–Kier alpha value is -1.20. The summed E-state index contributed by atoms with van der Waals surface area (Å²) in [5.74, 6) is 0. The van der Waals surface area contributed by atoms with Gasteiger partial charge in [0, 0.05) is 12.6 Å². The van der Waals surface area contributed by atoms with Crippen molar-refractivity contribution in [3.8, 4) is 0 Å². The predicted molar refractivity (Wildman–Crippen MR) is 74.3 cm³/mol. The van der Waals surface area contributed by atoms with Crippen LogP contribution < -0.4 is 10.9 Å². The number of thiophene rings is 1. The van der Waals surface area contributed by atoms with E-state index in [1.807, 2.05) is 12.3 Å². The van der Waals surface area contributed by atoms with Gasteiger partial charge in [0.05, 0.1) is 11.8 Å². The molecular weight excluding hydrogens is 246 g/mol. The highest BCUT2D eigenvalue weighted by atomic mass is 32.1. The van der Waals surface area contributed by atoms with Crippen LogP contribution in [-0.2, 0) is 6.54 Å². The van der Waals surface area contributed by atoms with Crippen molar-refractivity contribution in [2.45, 2.75) is 38.8 Å². The van der Waals surface area contributed by atoms with Gasteiger partial charge >= 0.3 is 0 Å². The minimum atomic E-state index is 0.102. The molecule has 2 aromatic heterocycles. The maximum atomic E-state index is 12.3. The van der Waals surface area contributed by atoms with Gasteiger partial charge in [0.25, 0.3) is 5.56 Å². The van der Waals surface area contributed by atoms with Crippen molar-refractivity contribution in [2.75, 3.05) is 6.54 Å². The number of hydrogen-bond acceptors (Lipinski definition) is 4. The molecule has 1 atom stereocenters. The monoisotopic (exact) mass is 263 g/mol. The summed E-state index contributed by atoms with van der Waals surface area (Å²) in [4.78, 5) is 16.7. The summed E-state index contributed by atoms with van der Waals surface area (Å²) in [6.07, 6.45) is 5.33. The lowest BCUT2D eigenvalue weighted by Gasteiger charge is -2.23. The zero-order valence-corrected chi connectivity index (χ0v) is 11.3. The third-order valence-corrected chi connectivity index (χ3v) is 4.63. The van der Waals surface area contributed by atoms with E-state index in [0.717, 1.165) is 35.3 Å². The quantitative estimate of drug-likeness (QED) is 0.900. The average molecular weight is 263 g/mol. The third-order valence-electron chi connectivity index (χ3n) is 3.55. The maximum absolute atomic E-state index is 12.3. The van der Waals surface area contributed by atoms with Crippen molar-refractivity contribution >= 4 is 21.6 Å².